The lowest BCUT2D eigenvalue weighted by atomic mass is 10.1. The highest BCUT2D eigenvalue weighted by molar-refractivity contribution is 7.93. The van der Waals surface area contributed by atoms with Gasteiger partial charge in [0.15, 0.2) is 5.13 Å². The van der Waals surface area contributed by atoms with Crippen LogP contribution in [0.4, 0.5) is 36.3 Å². The Balaban J connectivity index is 1.87. The summed E-state index contributed by atoms with van der Waals surface area (Å²) in [5.74, 6) is 0. The minimum Gasteiger partial charge on any atom is -0.444 e. The van der Waals surface area contributed by atoms with E-state index in [0.717, 1.165) is 11.3 Å². The van der Waals surface area contributed by atoms with Crippen molar-refractivity contribution in [2.45, 2.75) is 56.6 Å². The quantitative estimate of drug-likeness (QED) is 0.545. The normalized spacial score (nSPS) is 15.1. The fourth-order valence-corrected chi connectivity index (χ4v) is 5.31. The maximum absolute atomic E-state index is 13.1. The van der Waals surface area contributed by atoms with Crippen molar-refractivity contribution in [3.05, 3.63) is 39.9 Å². The summed E-state index contributed by atoms with van der Waals surface area (Å²) in [7, 11) is -4.84. The van der Waals surface area contributed by atoms with Crippen LogP contribution in [0.1, 0.15) is 42.5 Å². The number of alkyl halides is 6. The molecule has 2 heterocycles. The molecule has 3 rings (SSSR count). The van der Waals surface area contributed by atoms with Gasteiger partial charge in [0.25, 0.3) is 10.0 Å². The molecule has 188 valence electrons. The van der Waals surface area contributed by atoms with Gasteiger partial charge < -0.3 is 9.64 Å². The summed E-state index contributed by atoms with van der Waals surface area (Å²) in [6.07, 6.45) is -10.7. The number of halogens is 6. The Hall–Kier alpha value is -2.55. The lowest BCUT2D eigenvalue weighted by Crippen LogP contribution is -2.39. The number of hydrogen-bond donors (Lipinski definition) is 1. The highest BCUT2D eigenvalue weighted by Crippen LogP contribution is 2.38. The Bertz CT molecular complexity index is 1170. The van der Waals surface area contributed by atoms with Crippen LogP contribution in [0.2, 0.25) is 0 Å². The average molecular weight is 532 g/mol. The molecule has 0 bridgehead atoms. The highest BCUT2D eigenvalue weighted by Gasteiger charge is 2.38. The molecule has 15 heteroatoms. The van der Waals surface area contributed by atoms with E-state index in [2.05, 4.69) is 4.98 Å². The molecule has 1 aromatic heterocycles. The number of nitrogens with zero attached hydrogens (tertiary/aromatic N) is 2. The number of ether oxygens (including phenoxy) is 1. The number of hydrogen-bond acceptors (Lipinski definition) is 6. The second-order valence-corrected chi connectivity index (χ2v) is 11.2. The molecule has 1 amide bonds. The van der Waals surface area contributed by atoms with Crippen LogP contribution in [0.15, 0.2) is 23.1 Å². The first-order valence-corrected chi connectivity index (χ1v) is 11.9. The fraction of sp³-hybridized carbons (Fsp3) is 0.474. The summed E-state index contributed by atoms with van der Waals surface area (Å²) in [5.41, 5.74) is -3.78. The molecule has 1 N–H and O–H groups in total. The third-order valence-electron chi connectivity index (χ3n) is 4.48. The minimum atomic E-state index is -5.20. The van der Waals surface area contributed by atoms with E-state index in [4.69, 9.17) is 4.74 Å². The van der Waals surface area contributed by atoms with Gasteiger partial charge in [-0.05, 0) is 39.0 Å². The number of fused-ring (bicyclic) bond motifs is 1. The third-order valence-corrected chi connectivity index (χ3v) is 6.92. The van der Waals surface area contributed by atoms with Gasteiger partial charge in [0, 0.05) is 17.8 Å². The molecule has 1 aliphatic heterocycles. The Morgan fingerprint density at radius 1 is 1.06 bits per heavy atom. The van der Waals surface area contributed by atoms with Gasteiger partial charge in [-0.2, -0.15) is 26.3 Å². The number of thiazole rings is 1. The van der Waals surface area contributed by atoms with Crippen molar-refractivity contribution in [3.63, 3.8) is 0 Å². The number of amides is 1. The van der Waals surface area contributed by atoms with Crippen LogP contribution in [0.3, 0.4) is 0 Å². The van der Waals surface area contributed by atoms with Crippen molar-refractivity contribution in [1.82, 2.24) is 9.88 Å². The summed E-state index contributed by atoms with van der Waals surface area (Å²) < 4.78 is 111. The van der Waals surface area contributed by atoms with Crippen LogP contribution in [0.25, 0.3) is 0 Å². The Morgan fingerprint density at radius 2 is 1.62 bits per heavy atom. The number of anilines is 1. The number of rotatable bonds is 3. The van der Waals surface area contributed by atoms with Gasteiger partial charge in [0.2, 0.25) is 0 Å². The van der Waals surface area contributed by atoms with Crippen LogP contribution < -0.4 is 4.72 Å². The molecule has 0 saturated carbocycles. The van der Waals surface area contributed by atoms with Gasteiger partial charge in [-0.3, -0.25) is 4.72 Å². The highest BCUT2D eigenvalue weighted by atomic mass is 32.2. The molecule has 0 spiro atoms. The molecule has 0 unspecified atom stereocenters. The van der Waals surface area contributed by atoms with Gasteiger partial charge in [-0.25, -0.2) is 18.2 Å². The standard InChI is InChI=1S/C19H19F6N3O4S2/c1-17(2,3)32-16(29)28-5-4-13-14(9-28)33-15(26-13)27-34(30,31)12-7-10(18(20,21)22)6-11(8-12)19(23,24)25/h6-8H,4-5,9H2,1-3H3,(H,26,27). The van der Waals surface area contributed by atoms with Crippen LogP contribution in [0.5, 0.6) is 0 Å². The number of benzene rings is 1. The summed E-state index contributed by atoms with van der Waals surface area (Å²) in [5, 5.41) is -0.248. The van der Waals surface area contributed by atoms with E-state index in [1.54, 1.807) is 20.8 Å². The van der Waals surface area contributed by atoms with Crippen LogP contribution >= 0.6 is 11.3 Å². The zero-order valence-electron chi connectivity index (χ0n) is 18.0. The smallest absolute Gasteiger partial charge is 0.416 e. The number of carbonyl (C=O) groups excluding carboxylic acids is 1. The largest absolute Gasteiger partial charge is 0.444 e. The van der Waals surface area contributed by atoms with Gasteiger partial charge in [0.05, 0.1) is 28.3 Å². The average Bonchev–Trinajstić information content (AvgIpc) is 3.05. The molecule has 2 aromatic rings. The Morgan fingerprint density at radius 3 is 2.12 bits per heavy atom. The maximum Gasteiger partial charge on any atom is 0.416 e. The topological polar surface area (TPSA) is 88.6 Å². The minimum absolute atomic E-state index is 0.0609. The van der Waals surface area contributed by atoms with E-state index in [0.29, 0.717) is 10.6 Å². The molecular formula is C19H19F6N3O4S2. The molecule has 0 fully saturated rings. The van der Waals surface area contributed by atoms with Gasteiger partial charge in [-0.1, -0.05) is 11.3 Å². The van der Waals surface area contributed by atoms with Gasteiger partial charge >= 0.3 is 18.4 Å². The van der Waals surface area contributed by atoms with E-state index in [9.17, 15) is 39.6 Å². The predicted molar refractivity (Wildman–Crippen MR) is 110 cm³/mol. The van der Waals surface area contributed by atoms with Crippen molar-refractivity contribution >= 4 is 32.6 Å². The van der Waals surface area contributed by atoms with Crippen molar-refractivity contribution < 1.29 is 44.3 Å². The van der Waals surface area contributed by atoms with E-state index in [1.165, 1.54) is 4.90 Å². The molecule has 0 aliphatic carbocycles. The van der Waals surface area contributed by atoms with E-state index in [1.807, 2.05) is 4.72 Å². The summed E-state index contributed by atoms with van der Waals surface area (Å²) in [4.78, 5) is 17.0. The molecule has 1 aromatic carbocycles. The fourth-order valence-electron chi connectivity index (χ4n) is 2.98. The monoisotopic (exact) mass is 531 g/mol. The number of nitrogens with one attached hydrogen (secondary N) is 1. The Labute approximate surface area is 194 Å². The number of aromatic nitrogens is 1. The van der Waals surface area contributed by atoms with Crippen molar-refractivity contribution in [2.75, 3.05) is 11.3 Å². The summed E-state index contributed by atoms with van der Waals surface area (Å²) in [6.45, 7) is 5.37. The maximum atomic E-state index is 13.1. The molecule has 0 radical (unpaired) electrons. The first kappa shape index (κ1) is 26.1. The first-order valence-electron chi connectivity index (χ1n) is 9.64. The van der Waals surface area contributed by atoms with Gasteiger partial charge in [0.1, 0.15) is 5.60 Å². The molecule has 7 nitrogen and oxygen atoms in total. The van der Waals surface area contributed by atoms with E-state index >= 15 is 0 Å². The van der Waals surface area contributed by atoms with Gasteiger partial charge in [-0.15, -0.1) is 0 Å². The van der Waals surface area contributed by atoms with Crippen LogP contribution in [0, 0.1) is 0 Å². The van der Waals surface area contributed by atoms with Crippen molar-refractivity contribution in [1.29, 1.82) is 0 Å². The van der Waals surface area contributed by atoms with Crippen molar-refractivity contribution in [2.24, 2.45) is 0 Å². The third kappa shape index (κ3) is 6.11. The van der Waals surface area contributed by atoms with E-state index in [-0.39, 0.29) is 42.8 Å². The molecule has 1 aliphatic rings. The summed E-state index contributed by atoms with van der Waals surface area (Å²) >= 11 is 0.820. The predicted octanol–water partition coefficient (Wildman–Crippen LogP) is 5.27. The first-order chi connectivity index (χ1) is 15.3. The Kier molecular flexibility index (Phi) is 6.58. The lowest BCUT2D eigenvalue weighted by molar-refractivity contribution is -0.143. The number of sulfonamides is 1. The van der Waals surface area contributed by atoms with Crippen LogP contribution in [-0.4, -0.2) is 36.5 Å². The zero-order valence-corrected chi connectivity index (χ0v) is 19.6. The molecule has 0 saturated heterocycles. The van der Waals surface area contributed by atoms with Crippen LogP contribution in [-0.2, 0) is 40.1 Å². The zero-order chi connectivity index (χ0) is 25.7. The number of carbonyl (C=O) groups is 1. The second-order valence-electron chi connectivity index (χ2n) is 8.39. The van der Waals surface area contributed by atoms with Crippen molar-refractivity contribution in [3.8, 4) is 0 Å². The molecular weight excluding hydrogens is 512 g/mol. The lowest BCUT2D eigenvalue weighted by Gasteiger charge is -2.29. The molecule has 34 heavy (non-hydrogen) atoms. The second kappa shape index (κ2) is 8.59. The molecule has 0 atom stereocenters. The SMILES string of the molecule is CC(C)(C)OC(=O)N1CCc2nc(NS(=O)(=O)c3cc(C(F)(F)F)cc(C(F)(F)F)c3)sc2C1. The van der Waals surface area contributed by atoms with E-state index < -0.39 is 50.1 Å². The summed E-state index contributed by atoms with van der Waals surface area (Å²) in [6, 6.07) is 0.0804.